The van der Waals surface area contributed by atoms with E-state index < -0.39 is 11.8 Å². The number of carboxylic acids is 1. The maximum absolute atomic E-state index is 12.9. The zero-order valence-corrected chi connectivity index (χ0v) is 11.7. The van der Waals surface area contributed by atoms with Crippen LogP contribution in [0.2, 0.25) is 5.02 Å². The molecule has 0 saturated carbocycles. The Morgan fingerprint density at radius 1 is 1.29 bits per heavy atom. The first-order chi connectivity index (χ1) is 10.0. The highest BCUT2D eigenvalue weighted by atomic mass is 35.5. The summed E-state index contributed by atoms with van der Waals surface area (Å²) in [6, 6.07) is 11.1. The maximum Gasteiger partial charge on any atom is 0.328 e. The number of halogens is 2. The molecule has 3 nitrogen and oxygen atoms in total. The number of ether oxygens (including phenoxy) is 1. The minimum atomic E-state index is -1.00. The summed E-state index contributed by atoms with van der Waals surface area (Å²) in [5.74, 6) is -1.03. The van der Waals surface area contributed by atoms with Crippen LogP contribution >= 0.6 is 11.6 Å². The molecular weight excluding hydrogens is 295 g/mol. The molecule has 0 aliphatic heterocycles. The lowest BCUT2D eigenvalue weighted by Gasteiger charge is -2.08. The van der Waals surface area contributed by atoms with E-state index in [2.05, 4.69) is 0 Å². The summed E-state index contributed by atoms with van der Waals surface area (Å²) in [6.07, 6.45) is 2.56. The molecule has 5 heteroatoms. The van der Waals surface area contributed by atoms with Crippen LogP contribution in [0.4, 0.5) is 4.39 Å². The van der Waals surface area contributed by atoms with Gasteiger partial charge in [-0.25, -0.2) is 9.18 Å². The SMILES string of the molecule is O=C(O)C=Cc1cccc(COc2ccc(F)cc2Cl)c1. The van der Waals surface area contributed by atoms with Gasteiger partial charge in [0.1, 0.15) is 18.2 Å². The van der Waals surface area contributed by atoms with Crippen LogP contribution in [0.25, 0.3) is 6.08 Å². The molecule has 0 radical (unpaired) electrons. The van der Waals surface area contributed by atoms with E-state index in [0.717, 1.165) is 17.2 Å². The fourth-order valence-electron chi connectivity index (χ4n) is 1.71. The Morgan fingerprint density at radius 2 is 2.10 bits per heavy atom. The molecule has 2 aromatic carbocycles. The van der Waals surface area contributed by atoms with Crippen LogP contribution in [0.3, 0.4) is 0 Å². The van der Waals surface area contributed by atoms with Crippen molar-refractivity contribution in [1.82, 2.24) is 0 Å². The van der Waals surface area contributed by atoms with E-state index in [1.165, 1.54) is 24.3 Å². The maximum atomic E-state index is 12.9. The molecule has 0 atom stereocenters. The second kappa shape index (κ2) is 6.90. The summed E-state index contributed by atoms with van der Waals surface area (Å²) in [5, 5.41) is 8.80. The highest BCUT2D eigenvalue weighted by Gasteiger charge is 2.03. The molecule has 0 aliphatic rings. The van der Waals surface area contributed by atoms with E-state index in [-0.39, 0.29) is 11.6 Å². The molecule has 0 aliphatic carbocycles. The van der Waals surface area contributed by atoms with Crippen molar-refractivity contribution in [3.8, 4) is 5.75 Å². The molecule has 0 unspecified atom stereocenters. The summed E-state index contributed by atoms with van der Waals surface area (Å²) in [4.78, 5) is 10.5. The highest BCUT2D eigenvalue weighted by molar-refractivity contribution is 6.32. The van der Waals surface area contributed by atoms with E-state index >= 15 is 0 Å². The standard InChI is InChI=1S/C16H12ClFO3/c17-14-9-13(18)5-6-15(14)21-10-12-3-1-2-11(8-12)4-7-16(19)20/h1-9H,10H2,(H,19,20). The van der Waals surface area contributed by atoms with Crippen LogP contribution < -0.4 is 4.74 Å². The van der Waals surface area contributed by atoms with Crippen LogP contribution in [-0.4, -0.2) is 11.1 Å². The number of carbonyl (C=O) groups is 1. The third-order valence-electron chi connectivity index (χ3n) is 2.66. The highest BCUT2D eigenvalue weighted by Crippen LogP contribution is 2.25. The van der Waals surface area contributed by atoms with Crippen molar-refractivity contribution in [3.05, 3.63) is 70.5 Å². The first-order valence-electron chi connectivity index (χ1n) is 6.12. The quantitative estimate of drug-likeness (QED) is 0.844. The fraction of sp³-hybridized carbons (Fsp3) is 0.0625. The summed E-state index contributed by atoms with van der Waals surface area (Å²) in [5.41, 5.74) is 1.60. The monoisotopic (exact) mass is 306 g/mol. The molecule has 0 saturated heterocycles. The van der Waals surface area contributed by atoms with Crippen LogP contribution in [0.1, 0.15) is 11.1 Å². The predicted octanol–water partition coefficient (Wildman–Crippen LogP) is 4.16. The molecule has 21 heavy (non-hydrogen) atoms. The number of aliphatic carboxylic acids is 1. The number of rotatable bonds is 5. The average molecular weight is 307 g/mol. The van der Waals surface area contributed by atoms with Crippen molar-refractivity contribution < 1.29 is 19.0 Å². The second-order valence-corrected chi connectivity index (χ2v) is 4.69. The molecular formula is C16H12ClFO3. The molecule has 2 rings (SSSR count). The molecule has 0 spiro atoms. The van der Waals surface area contributed by atoms with Crippen molar-refractivity contribution >= 4 is 23.6 Å². The first kappa shape index (κ1) is 15.1. The van der Waals surface area contributed by atoms with Gasteiger partial charge in [0.2, 0.25) is 0 Å². The van der Waals surface area contributed by atoms with Gasteiger partial charge in [-0.15, -0.1) is 0 Å². The van der Waals surface area contributed by atoms with Crippen LogP contribution in [0, 0.1) is 5.82 Å². The van der Waals surface area contributed by atoms with E-state index in [0.29, 0.717) is 5.75 Å². The Kier molecular flexibility index (Phi) is 4.95. The molecule has 0 heterocycles. The molecule has 1 N–H and O–H groups in total. The molecule has 0 amide bonds. The molecule has 0 aromatic heterocycles. The van der Waals surface area contributed by atoms with Gasteiger partial charge < -0.3 is 9.84 Å². The number of hydrogen-bond acceptors (Lipinski definition) is 2. The molecule has 0 bridgehead atoms. The van der Waals surface area contributed by atoms with Gasteiger partial charge in [0.05, 0.1) is 5.02 Å². The summed E-state index contributed by atoms with van der Waals surface area (Å²) in [6.45, 7) is 0.250. The zero-order valence-electron chi connectivity index (χ0n) is 10.9. The van der Waals surface area contributed by atoms with Gasteiger partial charge in [0, 0.05) is 6.08 Å². The number of benzene rings is 2. The van der Waals surface area contributed by atoms with Crippen molar-refractivity contribution in [2.75, 3.05) is 0 Å². The largest absolute Gasteiger partial charge is 0.487 e. The van der Waals surface area contributed by atoms with E-state index in [4.69, 9.17) is 21.4 Å². The third-order valence-corrected chi connectivity index (χ3v) is 2.95. The number of carboxylic acid groups (broad SMARTS) is 1. The Labute approximate surface area is 126 Å². The van der Waals surface area contributed by atoms with Crippen molar-refractivity contribution in [2.45, 2.75) is 6.61 Å². The summed E-state index contributed by atoms with van der Waals surface area (Å²) >= 11 is 5.87. The second-order valence-electron chi connectivity index (χ2n) is 4.28. The van der Waals surface area contributed by atoms with Crippen molar-refractivity contribution in [2.24, 2.45) is 0 Å². The normalized spacial score (nSPS) is 10.8. The molecule has 0 fully saturated rings. The minimum absolute atomic E-state index is 0.205. The van der Waals surface area contributed by atoms with Crippen molar-refractivity contribution in [3.63, 3.8) is 0 Å². The van der Waals surface area contributed by atoms with Crippen LogP contribution in [-0.2, 0) is 11.4 Å². The zero-order chi connectivity index (χ0) is 15.2. The number of hydrogen-bond donors (Lipinski definition) is 1. The Hall–Kier alpha value is -2.33. The smallest absolute Gasteiger partial charge is 0.328 e. The van der Waals surface area contributed by atoms with Gasteiger partial charge in [0.15, 0.2) is 0 Å². The lowest BCUT2D eigenvalue weighted by Crippen LogP contribution is -1.96. The Bertz CT molecular complexity index is 683. The van der Waals surface area contributed by atoms with E-state index in [1.807, 2.05) is 6.07 Å². The first-order valence-corrected chi connectivity index (χ1v) is 6.50. The Morgan fingerprint density at radius 3 is 2.81 bits per heavy atom. The average Bonchev–Trinajstić information content (AvgIpc) is 2.45. The van der Waals surface area contributed by atoms with Gasteiger partial charge >= 0.3 is 5.97 Å². The van der Waals surface area contributed by atoms with Gasteiger partial charge in [0.25, 0.3) is 0 Å². The van der Waals surface area contributed by atoms with Crippen LogP contribution in [0.5, 0.6) is 5.75 Å². The fourth-order valence-corrected chi connectivity index (χ4v) is 1.93. The minimum Gasteiger partial charge on any atom is -0.487 e. The molecule has 2 aromatic rings. The van der Waals surface area contributed by atoms with Gasteiger partial charge in [-0.05, 0) is 41.5 Å². The van der Waals surface area contributed by atoms with Crippen LogP contribution in [0.15, 0.2) is 48.5 Å². The van der Waals surface area contributed by atoms with Crippen molar-refractivity contribution in [1.29, 1.82) is 0 Å². The molecule has 108 valence electrons. The van der Waals surface area contributed by atoms with Gasteiger partial charge in [-0.3, -0.25) is 0 Å². The Balaban J connectivity index is 2.06. The van der Waals surface area contributed by atoms with Gasteiger partial charge in [-0.2, -0.15) is 0 Å². The summed E-state index contributed by atoms with van der Waals surface area (Å²) < 4.78 is 18.4. The van der Waals surface area contributed by atoms with Gasteiger partial charge in [-0.1, -0.05) is 29.8 Å². The van der Waals surface area contributed by atoms with E-state index in [9.17, 15) is 9.18 Å². The predicted molar refractivity (Wildman–Crippen MR) is 78.9 cm³/mol. The lowest BCUT2D eigenvalue weighted by molar-refractivity contribution is -0.131. The third kappa shape index (κ3) is 4.61. The lowest BCUT2D eigenvalue weighted by atomic mass is 10.1. The van der Waals surface area contributed by atoms with E-state index in [1.54, 1.807) is 18.2 Å². The topological polar surface area (TPSA) is 46.5 Å². The summed E-state index contributed by atoms with van der Waals surface area (Å²) in [7, 11) is 0.